The van der Waals surface area contributed by atoms with Crippen LogP contribution in [0.15, 0.2) is 47.4 Å². The van der Waals surface area contributed by atoms with E-state index in [1.54, 1.807) is 6.07 Å². The van der Waals surface area contributed by atoms with Crippen molar-refractivity contribution in [2.24, 2.45) is 0 Å². The van der Waals surface area contributed by atoms with Crippen molar-refractivity contribution in [2.75, 3.05) is 13.1 Å². The first kappa shape index (κ1) is 13.9. The lowest BCUT2D eigenvalue weighted by Crippen LogP contribution is -2.34. The molecule has 1 aromatic carbocycles. The van der Waals surface area contributed by atoms with Crippen LogP contribution in [0, 0.1) is 0 Å². The van der Waals surface area contributed by atoms with Gasteiger partial charge >= 0.3 is 0 Å². The van der Waals surface area contributed by atoms with Crippen LogP contribution in [0.5, 0.6) is 0 Å². The Kier molecular flexibility index (Phi) is 4.12. The first-order chi connectivity index (χ1) is 8.78. The molecule has 3 rings (SSSR count). The second-order valence-corrected chi connectivity index (χ2v) is 4.99. The summed E-state index contributed by atoms with van der Waals surface area (Å²) < 4.78 is 1.89. The molecule has 1 saturated heterocycles. The molecule has 0 bridgehead atoms. The number of benzene rings is 1. The van der Waals surface area contributed by atoms with E-state index in [4.69, 9.17) is 0 Å². The van der Waals surface area contributed by atoms with Gasteiger partial charge in [-0.05, 0) is 18.5 Å². The molecule has 1 aliphatic heterocycles. The molecular weight excluding hydrogens is 262 g/mol. The van der Waals surface area contributed by atoms with Crippen molar-refractivity contribution in [3.8, 4) is 0 Å². The Labute approximate surface area is 118 Å². The molecule has 4 nitrogen and oxygen atoms in total. The molecule has 0 amide bonds. The van der Waals surface area contributed by atoms with Crippen molar-refractivity contribution < 1.29 is 0 Å². The van der Waals surface area contributed by atoms with Gasteiger partial charge in [-0.3, -0.25) is 14.6 Å². The number of hydrogen-bond donors (Lipinski definition) is 2. The van der Waals surface area contributed by atoms with Gasteiger partial charge in [-0.15, -0.1) is 12.4 Å². The Morgan fingerprint density at radius 2 is 2.00 bits per heavy atom. The average molecular weight is 280 g/mol. The van der Waals surface area contributed by atoms with Crippen LogP contribution in [0.25, 0.3) is 0 Å². The molecule has 0 aliphatic carbocycles. The fourth-order valence-corrected chi connectivity index (χ4v) is 2.80. The molecule has 1 aromatic heterocycles. The molecule has 0 radical (unpaired) electrons. The van der Waals surface area contributed by atoms with Crippen LogP contribution in [0.4, 0.5) is 0 Å². The van der Waals surface area contributed by atoms with E-state index in [2.05, 4.69) is 34.7 Å². The molecule has 1 fully saturated rings. The summed E-state index contributed by atoms with van der Waals surface area (Å²) >= 11 is 0. The van der Waals surface area contributed by atoms with Gasteiger partial charge < -0.3 is 5.32 Å². The van der Waals surface area contributed by atoms with Crippen LogP contribution in [-0.2, 0) is 12.0 Å². The fraction of sp³-hybridized carbons (Fsp3) is 0.357. The summed E-state index contributed by atoms with van der Waals surface area (Å²) in [7, 11) is 0. The summed E-state index contributed by atoms with van der Waals surface area (Å²) in [5, 5.41) is 6.26. The van der Waals surface area contributed by atoms with Gasteiger partial charge in [0.05, 0.1) is 0 Å². The van der Waals surface area contributed by atoms with E-state index in [0.717, 1.165) is 26.1 Å². The summed E-state index contributed by atoms with van der Waals surface area (Å²) in [5.74, 6) is 0. The number of halogens is 1. The van der Waals surface area contributed by atoms with E-state index >= 15 is 0 Å². The lowest BCUT2D eigenvalue weighted by Gasteiger charge is -2.29. The van der Waals surface area contributed by atoms with Crippen LogP contribution >= 0.6 is 12.4 Å². The first-order valence-corrected chi connectivity index (χ1v) is 6.30. The van der Waals surface area contributed by atoms with Crippen LogP contribution < -0.4 is 10.9 Å². The maximum absolute atomic E-state index is 11.2. The smallest absolute Gasteiger partial charge is 0.264 e. The van der Waals surface area contributed by atoms with Gasteiger partial charge in [0.25, 0.3) is 5.56 Å². The van der Waals surface area contributed by atoms with Crippen LogP contribution in [0.1, 0.15) is 12.0 Å². The second kappa shape index (κ2) is 5.63. The molecule has 0 spiro atoms. The number of aromatic amines is 1. The summed E-state index contributed by atoms with van der Waals surface area (Å²) in [6.45, 7) is 2.80. The van der Waals surface area contributed by atoms with Gasteiger partial charge in [-0.2, -0.15) is 0 Å². The monoisotopic (exact) mass is 279 g/mol. The predicted octanol–water partition coefficient (Wildman–Crippen LogP) is 1.53. The highest BCUT2D eigenvalue weighted by Crippen LogP contribution is 2.32. The van der Waals surface area contributed by atoms with E-state index in [1.165, 1.54) is 5.56 Å². The largest absolute Gasteiger partial charge is 0.316 e. The lowest BCUT2D eigenvalue weighted by molar-refractivity contribution is 0.372. The van der Waals surface area contributed by atoms with E-state index in [0.29, 0.717) is 0 Å². The van der Waals surface area contributed by atoms with Crippen LogP contribution in [0.2, 0.25) is 0 Å². The lowest BCUT2D eigenvalue weighted by atomic mass is 9.79. The van der Waals surface area contributed by atoms with Crippen molar-refractivity contribution in [3.63, 3.8) is 0 Å². The zero-order valence-corrected chi connectivity index (χ0v) is 11.5. The van der Waals surface area contributed by atoms with Gasteiger partial charge in [-0.1, -0.05) is 30.3 Å². The predicted molar refractivity (Wildman–Crippen MR) is 77.9 cm³/mol. The first-order valence-electron chi connectivity index (χ1n) is 6.30. The summed E-state index contributed by atoms with van der Waals surface area (Å²) in [6, 6.07) is 12.1. The summed E-state index contributed by atoms with van der Waals surface area (Å²) in [5.41, 5.74) is 1.39. The van der Waals surface area contributed by atoms with Crippen LogP contribution in [-0.4, -0.2) is 22.9 Å². The molecule has 19 heavy (non-hydrogen) atoms. The third kappa shape index (κ3) is 2.74. The molecule has 1 atom stereocenters. The average Bonchev–Trinajstić information content (AvgIpc) is 3.01. The minimum atomic E-state index is -0.0378. The van der Waals surface area contributed by atoms with Crippen molar-refractivity contribution >= 4 is 12.4 Å². The van der Waals surface area contributed by atoms with Crippen molar-refractivity contribution in [1.82, 2.24) is 15.1 Å². The van der Waals surface area contributed by atoms with Crippen molar-refractivity contribution in [2.45, 2.75) is 18.4 Å². The Morgan fingerprint density at radius 1 is 1.21 bits per heavy atom. The standard InChI is InChI=1S/C14H17N3O.ClH/c18-13-6-9-17(16-13)11-14(7-8-15-10-14)12-4-2-1-3-5-12;/h1-6,9,15H,7-8,10-11H2,(H,16,18);1H. The number of H-pyrrole nitrogens is 1. The number of nitrogens with one attached hydrogen (secondary N) is 2. The third-order valence-electron chi connectivity index (χ3n) is 3.76. The molecule has 2 heterocycles. The number of hydrogen-bond acceptors (Lipinski definition) is 2. The SMILES string of the molecule is Cl.O=c1ccn(CC2(c3ccccc3)CCNC2)[nH]1. The topological polar surface area (TPSA) is 49.8 Å². The summed E-state index contributed by atoms with van der Waals surface area (Å²) in [4.78, 5) is 11.2. The van der Waals surface area contributed by atoms with Crippen molar-refractivity contribution in [3.05, 3.63) is 58.5 Å². The fourth-order valence-electron chi connectivity index (χ4n) is 2.80. The second-order valence-electron chi connectivity index (χ2n) is 4.99. The highest BCUT2D eigenvalue weighted by Gasteiger charge is 2.35. The Balaban J connectivity index is 0.00000133. The van der Waals surface area contributed by atoms with Gasteiger partial charge in [0.15, 0.2) is 0 Å². The molecule has 0 saturated carbocycles. The maximum atomic E-state index is 11.2. The minimum Gasteiger partial charge on any atom is -0.316 e. The maximum Gasteiger partial charge on any atom is 0.264 e. The van der Waals surface area contributed by atoms with E-state index in [9.17, 15) is 4.79 Å². The Hall–Kier alpha value is -1.52. The van der Waals surface area contributed by atoms with E-state index < -0.39 is 0 Å². The number of aromatic nitrogens is 2. The van der Waals surface area contributed by atoms with Crippen LogP contribution in [0.3, 0.4) is 0 Å². The normalized spacial score (nSPS) is 22.1. The van der Waals surface area contributed by atoms with Crippen molar-refractivity contribution in [1.29, 1.82) is 0 Å². The molecule has 102 valence electrons. The van der Waals surface area contributed by atoms with E-state index in [1.807, 2.05) is 16.9 Å². The molecule has 2 N–H and O–H groups in total. The third-order valence-corrected chi connectivity index (χ3v) is 3.76. The van der Waals surface area contributed by atoms with Gasteiger partial charge in [0, 0.05) is 30.8 Å². The zero-order chi connectivity index (χ0) is 12.4. The number of rotatable bonds is 3. The number of nitrogens with zero attached hydrogens (tertiary/aromatic N) is 1. The molecule has 5 heteroatoms. The zero-order valence-electron chi connectivity index (χ0n) is 10.6. The Morgan fingerprint density at radius 3 is 2.58 bits per heavy atom. The quantitative estimate of drug-likeness (QED) is 0.895. The van der Waals surface area contributed by atoms with Gasteiger partial charge in [-0.25, -0.2) is 0 Å². The van der Waals surface area contributed by atoms with E-state index in [-0.39, 0.29) is 23.4 Å². The Bertz CT molecular complexity index is 570. The van der Waals surface area contributed by atoms with Gasteiger partial charge in [0.2, 0.25) is 0 Å². The highest BCUT2D eigenvalue weighted by molar-refractivity contribution is 5.85. The molecule has 1 aliphatic rings. The molecule has 1 unspecified atom stereocenters. The highest BCUT2D eigenvalue weighted by atomic mass is 35.5. The molecular formula is C14H18ClN3O. The van der Waals surface area contributed by atoms with Gasteiger partial charge in [0.1, 0.15) is 0 Å². The summed E-state index contributed by atoms with van der Waals surface area (Å²) in [6.07, 6.45) is 2.92. The molecule has 2 aromatic rings. The minimum absolute atomic E-state index is 0.